The molecule has 26 heavy (non-hydrogen) atoms. The molecular formula is C21H24N2O3. The molecule has 0 fully saturated rings. The van der Waals surface area contributed by atoms with Crippen molar-refractivity contribution in [2.75, 3.05) is 25.6 Å². The van der Waals surface area contributed by atoms with Gasteiger partial charge in [0.25, 0.3) is 0 Å². The number of nitrogens with zero attached hydrogens (tertiary/aromatic N) is 2. The summed E-state index contributed by atoms with van der Waals surface area (Å²) < 4.78 is 7.20. The average molecular weight is 352 g/mol. The second-order valence-corrected chi connectivity index (χ2v) is 6.49. The number of aromatic hydroxyl groups is 1. The van der Waals surface area contributed by atoms with Gasteiger partial charge < -0.3 is 19.3 Å². The summed E-state index contributed by atoms with van der Waals surface area (Å²) in [6.07, 6.45) is 0.212. The fourth-order valence-electron chi connectivity index (χ4n) is 3.28. The molecular weight excluding hydrogens is 328 g/mol. The third-order valence-electron chi connectivity index (χ3n) is 4.57. The minimum absolute atomic E-state index is 0.198. The summed E-state index contributed by atoms with van der Waals surface area (Å²) in [5, 5.41) is 10.9. The first-order valence-electron chi connectivity index (χ1n) is 8.68. The van der Waals surface area contributed by atoms with Crippen LogP contribution in [-0.4, -0.2) is 36.3 Å². The van der Waals surface area contributed by atoms with Crippen molar-refractivity contribution in [3.8, 4) is 11.4 Å². The van der Waals surface area contributed by atoms with Crippen LogP contribution in [0.15, 0.2) is 42.5 Å². The summed E-state index contributed by atoms with van der Waals surface area (Å²) in [6.45, 7) is 4.16. The van der Waals surface area contributed by atoms with Gasteiger partial charge in [-0.2, -0.15) is 0 Å². The van der Waals surface area contributed by atoms with E-state index in [1.165, 1.54) is 0 Å². The topological polar surface area (TPSA) is 54.7 Å². The van der Waals surface area contributed by atoms with Crippen LogP contribution in [0, 0.1) is 6.92 Å². The Bertz CT molecular complexity index is 940. The zero-order valence-electron chi connectivity index (χ0n) is 15.6. The molecule has 3 aromatic rings. The molecule has 5 nitrogen and oxygen atoms in total. The second-order valence-electron chi connectivity index (χ2n) is 6.49. The van der Waals surface area contributed by atoms with Gasteiger partial charge in [0, 0.05) is 42.6 Å². The molecule has 0 aliphatic rings. The molecule has 0 saturated carbocycles. The molecule has 0 bridgehead atoms. The van der Waals surface area contributed by atoms with E-state index in [0.717, 1.165) is 33.5 Å². The fourth-order valence-corrected chi connectivity index (χ4v) is 3.28. The number of rotatable bonds is 5. The molecule has 1 N–H and O–H groups in total. The van der Waals surface area contributed by atoms with Crippen LogP contribution in [0.25, 0.3) is 16.6 Å². The molecule has 0 aliphatic carbocycles. The summed E-state index contributed by atoms with van der Waals surface area (Å²) in [4.78, 5) is 14.1. The maximum atomic E-state index is 12.1. The molecule has 0 atom stereocenters. The minimum atomic E-state index is -0.245. The molecule has 0 spiro atoms. The first-order valence-corrected chi connectivity index (χ1v) is 8.68. The predicted octanol–water partition coefficient (Wildman–Crippen LogP) is 3.82. The van der Waals surface area contributed by atoms with Gasteiger partial charge in [-0.3, -0.25) is 4.79 Å². The van der Waals surface area contributed by atoms with Gasteiger partial charge >= 0.3 is 5.97 Å². The van der Waals surface area contributed by atoms with E-state index in [-0.39, 0.29) is 18.1 Å². The van der Waals surface area contributed by atoms with Crippen molar-refractivity contribution in [2.24, 2.45) is 0 Å². The Kier molecular flexibility index (Phi) is 4.89. The zero-order valence-corrected chi connectivity index (χ0v) is 15.6. The van der Waals surface area contributed by atoms with Crippen molar-refractivity contribution in [1.82, 2.24) is 4.57 Å². The first kappa shape index (κ1) is 17.9. The molecule has 2 aromatic carbocycles. The van der Waals surface area contributed by atoms with Crippen LogP contribution in [0.1, 0.15) is 18.2 Å². The molecule has 136 valence electrons. The molecule has 1 heterocycles. The van der Waals surface area contributed by atoms with Gasteiger partial charge in [-0.15, -0.1) is 0 Å². The standard InChI is InChI=1S/C21H24N2O3/c1-5-26-21(25)13-19-14(2)23(20-12-17(24)10-11-18(19)20)16-8-6-15(7-9-16)22(3)4/h6-12,24H,5,13H2,1-4H3. The number of carbonyl (C=O) groups is 1. The van der Waals surface area contributed by atoms with Crippen LogP contribution in [0.2, 0.25) is 0 Å². The number of aromatic nitrogens is 1. The summed E-state index contributed by atoms with van der Waals surface area (Å²) in [5.74, 6) is -0.0467. The summed E-state index contributed by atoms with van der Waals surface area (Å²) in [7, 11) is 4.00. The number of carbonyl (C=O) groups excluding carboxylic acids is 1. The molecule has 0 aliphatic heterocycles. The van der Waals surface area contributed by atoms with E-state index in [1.54, 1.807) is 19.1 Å². The minimum Gasteiger partial charge on any atom is -0.508 e. The van der Waals surface area contributed by atoms with Gasteiger partial charge in [0.1, 0.15) is 5.75 Å². The molecule has 0 amide bonds. The lowest BCUT2D eigenvalue weighted by atomic mass is 10.1. The Balaban J connectivity index is 2.16. The summed E-state index contributed by atoms with van der Waals surface area (Å²) in [5.41, 5.74) is 4.86. The third kappa shape index (κ3) is 3.25. The Morgan fingerprint density at radius 1 is 1.15 bits per heavy atom. The van der Waals surface area contributed by atoms with Gasteiger partial charge in [-0.1, -0.05) is 0 Å². The zero-order chi connectivity index (χ0) is 18.8. The Hall–Kier alpha value is -2.95. The highest BCUT2D eigenvalue weighted by atomic mass is 16.5. The Morgan fingerprint density at radius 3 is 2.46 bits per heavy atom. The van der Waals surface area contributed by atoms with Crippen molar-refractivity contribution in [1.29, 1.82) is 0 Å². The van der Waals surface area contributed by atoms with Crippen molar-refractivity contribution in [3.63, 3.8) is 0 Å². The number of hydrogen-bond donors (Lipinski definition) is 1. The van der Waals surface area contributed by atoms with Crippen LogP contribution < -0.4 is 4.90 Å². The highest BCUT2D eigenvalue weighted by Gasteiger charge is 2.18. The van der Waals surface area contributed by atoms with Gasteiger partial charge in [-0.05, 0) is 55.8 Å². The number of esters is 1. The van der Waals surface area contributed by atoms with E-state index in [4.69, 9.17) is 4.74 Å². The number of ether oxygens (including phenoxy) is 1. The molecule has 0 saturated heterocycles. The predicted molar refractivity (Wildman–Crippen MR) is 104 cm³/mol. The normalized spacial score (nSPS) is 10.9. The highest BCUT2D eigenvalue weighted by Crippen LogP contribution is 2.32. The molecule has 0 unspecified atom stereocenters. The largest absolute Gasteiger partial charge is 0.508 e. The number of anilines is 1. The van der Waals surface area contributed by atoms with Gasteiger partial charge in [0.05, 0.1) is 18.5 Å². The van der Waals surface area contributed by atoms with E-state index in [0.29, 0.717) is 6.61 Å². The Labute approximate surface area is 153 Å². The van der Waals surface area contributed by atoms with E-state index in [2.05, 4.69) is 16.7 Å². The molecule has 3 rings (SSSR count). The maximum absolute atomic E-state index is 12.1. The fraction of sp³-hybridized carbons (Fsp3) is 0.286. The number of hydrogen-bond acceptors (Lipinski definition) is 4. The number of fused-ring (bicyclic) bond motifs is 1. The Morgan fingerprint density at radius 2 is 1.85 bits per heavy atom. The van der Waals surface area contributed by atoms with Crippen LogP contribution in [-0.2, 0) is 16.0 Å². The van der Waals surface area contributed by atoms with E-state index in [1.807, 2.05) is 44.1 Å². The lowest BCUT2D eigenvalue weighted by molar-refractivity contribution is -0.142. The average Bonchev–Trinajstić information content (AvgIpc) is 2.86. The lowest BCUT2D eigenvalue weighted by Gasteiger charge is -2.14. The van der Waals surface area contributed by atoms with Crippen LogP contribution in [0.4, 0.5) is 5.69 Å². The van der Waals surface area contributed by atoms with E-state index in [9.17, 15) is 9.90 Å². The van der Waals surface area contributed by atoms with Crippen LogP contribution in [0.5, 0.6) is 5.75 Å². The van der Waals surface area contributed by atoms with Crippen molar-refractivity contribution < 1.29 is 14.6 Å². The van der Waals surface area contributed by atoms with E-state index < -0.39 is 0 Å². The number of benzene rings is 2. The monoisotopic (exact) mass is 352 g/mol. The number of phenols is 1. The third-order valence-corrected chi connectivity index (χ3v) is 4.57. The van der Waals surface area contributed by atoms with Crippen molar-refractivity contribution in [2.45, 2.75) is 20.3 Å². The maximum Gasteiger partial charge on any atom is 0.310 e. The van der Waals surface area contributed by atoms with Crippen LogP contribution >= 0.6 is 0 Å². The smallest absolute Gasteiger partial charge is 0.310 e. The summed E-state index contributed by atoms with van der Waals surface area (Å²) >= 11 is 0. The van der Waals surface area contributed by atoms with Crippen molar-refractivity contribution >= 4 is 22.6 Å². The van der Waals surface area contributed by atoms with Crippen molar-refractivity contribution in [3.05, 3.63) is 53.7 Å². The SMILES string of the molecule is CCOC(=O)Cc1c(C)n(-c2ccc(N(C)C)cc2)c2cc(O)ccc12. The van der Waals surface area contributed by atoms with E-state index >= 15 is 0 Å². The van der Waals surface area contributed by atoms with Gasteiger partial charge in [0.15, 0.2) is 0 Å². The van der Waals surface area contributed by atoms with Crippen LogP contribution in [0.3, 0.4) is 0 Å². The second kappa shape index (κ2) is 7.12. The first-order chi connectivity index (χ1) is 12.4. The highest BCUT2D eigenvalue weighted by molar-refractivity contribution is 5.91. The van der Waals surface area contributed by atoms with Gasteiger partial charge in [-0.25, -0.2) is 0 Å². The van der Waals surface area contributed by atoms with Gasteiger partial charge in [0.2, 0.25) is 0 Å². The lowest BCUT2D eigenvalue weighted by Crippen LogP contribution is -2.09. The number of phenolic OH excluding ortho intramolecular Hbond substituents is 1. The summed E-state index contributed by atoms with van der Waals surface area (Å²) in [6, 6.07) is 13.4. The molecule has 5 heteroatoms. The quantitative estimate of drug-likeness (QED) is 0.710. The molecule has 1 aromatic heterocycles. The molecule has 0 radical (unpaired) electrons.